The van der Waals surface area contributed by atoms with Gasteiger partial charge in [-0.2, -0.15) is 0 Å². The van der Waals surface area contributed by atoms with E-state index in [1.54, 1.807) is 0 Å². The molecule has 0 radical (unpaired) electrons. The SMILES string of the molecule is C1=CC2C=C(C3C=CC(N(c4ccccc4)c4cc5c6cccc(-c7ccccc7)c6oc5c5ccccc45)=CC3)c3ccccc3C2C=C1. The number of benzene rings is 6. The second-order valence-corrected chi connectivity index (χ2v) is 13.6. The standard InChI is InChI=1S/C48H35NO/c1-3-14-32(15-4-1)38-24-13-25-43-45-31-46(41-22-11-12-23-42(41)48(45)50-47(38)43)49(35-17-5-2-6-18-35)36-28-26-33(27-29-36)44-30-34-16-7-8-19-37(34)39-20-9-10-21-40(39)44/h1-26,28-31,33-34,37H,27H2. The van der Waals surface area contributed by atoms with Crippen LogP contribution in [-0.2, 0) is 0 Å². The first-order chi connectivity index (χ1) is 24.8. The molecule has 50 heavy (non-hydrogen) atoms. The van der Waals surface area contributed by atoms with Crippen molar-refractivity contribution in [2.75, 3.05) is 4.90 Å². The molecule has 0 amide bonds. The summed E-state index contributed by atoms with van der Waals surface area (Å²) in [5, 5.41) is 4.52. The molecule has 0 fully saturated rings. The van der Waals surface area contributed by atoms with Gasteiger partial charge in [-0.3, -0.25) is 0 Å². The zero-order chi connectivity index (χ0) is 33.0. The average molecular weight is 642 g/mol. The molecule has 3 aliphatic rings. The van der Waals surface area contributed by atoms with Crippen molar-refractivity contribution in [3.8, 4) is 11.1 Å². The van der Waals surface area contributed by atoms with Gasteiger partial charge in [-0.15, -0.1) is 0 Å². The Morgan fingerprint density at radius 2 is 1.28 bits per heavy atom. The number of furan rings is 1. The quantitative estimate of drug-likeness (QED) is 0.186. The highest BCUT2D eigenvalue weighted by Crippen LogP contribution is 2.48. The van der Waals surface area contributed by atoms with Crippen LogP contribution >= 0.6 is 0 Å². The van der Waals surface area contributed by atoms with Crippen molar-refractivity contribution in [2.24, 2.45) is 11.8 Å². The van der Waals surface area contributed by atoms with Crippen LogP contribution in [0.2, 0.25) is 0 Å². The van der Waals surface area contributed by atoms with Gasteiger partial charge in [0, 0.05) is 56.2 Å². The molecule has 1 aromatic heterocycles. The molecule has 2 heteroatoms. The Labute approximate surface area is 292 Å². The third kappa shape index (κ3) is 4.64. The Kier molecular flexibility index (Phi) is 6.80. The van der Waals surface area contributed by atoms with E-state index in [1.807, 2.05) is 0 Å². The average Bonchev–Trinajstić information content (AvgIpc) is 3.58. The molecule has 2 nitrogen and oxygen atoms in total. The first-order valence-electron chi connectivity index (χ1n) is 17.6. The van der Waals surface area contributed by atoms with E-state index in [-0.39, 0.29) is 0 Å². The van der Waals surface area contributed by atoms with E-state index in [4.69, 9.17) is 4.42 Å². The Morgan fingerprint density at radius 3 is 2.12 bits per heavy atom. The van der Waals surface area contributed by atoms with Gasteiger partial charge in [0.2, 0.25) is 0 Å². The summed E-state index contributed by atoms with van der Waals surface area (Å²) >= 11 is 0. The minimum Gasteiger partial charge on any atom is -0.455 e. The fraction of sp³-hybridized carbons (Fsp3) is 0.0833. The van der Waals surface area contributed by atoms with E-state index in [0.29, 0.717) is 17.8 Å². The Morgan fingerprint density at radius 1 is 0.580 bits per heavy atom. The Bertz CT molecular complexity index is 2580. The molecule has 0 spiro atoms. The van der Waals surface area contributed by atoms with E-state index < -0.39 is 0 Å². The molecular formula is C48H35NO. The first-order valence-corrected chi connectivity index (χ1v) is 17.6. The Balaban J connectivity index is 1.11. The second kappa shape index (κ2) is 11.8. The zero-order valence-electron chi connectivity index (χ0n) is 27.6. The topological polar surface area (TPSA) is 16.4 Å². The highest BCUT2D eigenvalue weighted by molar-refractivity contribution is 6.21. The molecule has 0 bridgehead atoms. The van der Waals surface area contributed by atoms with E-state index >= 15 is 0 Å². The fourth-order valence-corrected chi connectivity index (χ4v) is 8.41. The fourth-order valence-electron chi connectivity index (χ4n) is 8.41. The van der Waals surface area contributed by atoms with Gasteiger partial charge >= 0.3 is 0 Å². The van der Waals surface area contributed by atoms with Crippen LogP contribution in [0.25, 0.3) is 49.4 Å². The van der Waals surface area contributed by atoms with Crippen molar-refractivity contribution in [3.63, 3.8) is 0 Å². The summed E-state index contributed by atoms with van der Waals surface area (Å²) in [6.45, 7) is 0. The van der Waals surface area contributed by atoms with Crippen LogP contribution in [0.3, 0.4) is 0 Å². The lowest BCUT2D eigenvalue weighted by atomic mass is 9.71. The lowest BCUT2D eigenvalue weighted by Gasteiger charge is -2.34. The van der Waals surface area contributed by atoms with Crippen LogP contribution < -0.4 is 4.90 Å². The van der Waals surface area contributed by atoms with E-state index in [2.05, 4.69) is 187 Å². The summed E-state index contributed by atoms with van der Waals surface area (Å²) in [5.41, 5.74) is 11.8. The van der Waals surface area contributed by atoms with Crippen molar-refractivity contribution in [2.45, 2.75) is 12.3 Å². The van der Waals surface area contributed by atoms with Crippen molar-refractivity contribution in [3.05, 3.63) is 199 Å². The molecule has 3 aliphatic carbocycles. The van der Waals surface area contributed by atoms with Crippen LogP contribution in [0.15, 0.2) is 192 Å². The van der Waals surface area contributed by atoms with Gasteiger partial charge in [0.25, 0.3) is 0 Å². The van der Waals surface area contributed by atoms with Gasteiger partial charge in [0.15, 0.2) is 0 Å². The number of rotatable bonds is 5. The van der Waals surface area contributed by atoms with E-state index in [9.17, 15) is 0 Å². The molecule has 0 saturated carbocycles. The molecule has 3 unspecified atom stereocenters. The van der Waals surface area contributed by atoms with Crippen molar-refractivity contribution in [1.29, 1.82) is 0 Å². The van der Waals surface area contributed by atoms with Crippen molar-refractivity contribution >= 4 is 49.7 Å². The van der Waals surface area contributed by atoms with Crippen LogP contribution in [0.5, 0.6) is 0 Å². The molecule has 7 aromatic rings. The van der Waals surface area contributed by atoms with Gasteiger partial charge in [-0.25, -0.2) is 0 Å². The highest BCUT2D eigenvalue weighted by atomic mass is 16.3. The monoisotopic (exact) mass is 641 g/mol. The molecule has 1 heterocycles. The van der Waals surface area contributed by atoms with Gasteiger partial charge in [0.1, 0.15) is 11.2 Å². The molecule has 0 N–H and O–H groups in total. The largest absolute Gasteiger partial charge is 0.455 e. The normalized spacial score (nSPS) is 19.3. The number of fused-ring (bicyclic) bond motifs is 8. The van der Waals surface area contributed by atoms with Gasteiger partial charge < -0.3 is 9.32 Å². The molecule has 0 aliphatic heterocycles. The predicted molar refractivity (Wildman–Crippen MR) is 210 cm³/mol. The number of anilines is 2. The smallest absolute Gasteiger partial charge is 0.143 e. The molecular weight excluding hydrogens is 607 g/mol. The lowest BCUT2D eigenvalue weighted by Crippen LogP contribution is -2.21. The van der Waals surface area contributed by atoms with E-state index in [0.717, 1.165) is 61.6 Å². The summed E-state index contributed by atoms with van der Waals surface area (Å²) in [6.07, 6.45) is 19.8. The summed E-state index contributed by atoms with van der Waals surface area (Å²) in [4.78, 5) is 2.43. The molecule has 6 aromatic carbocycles. The minimum absolute atomic E-state index is 0.311. The number of para-hydroxylation sites is 2. The maximum absolute atomic E-state index is 6.82. The predicted octanol–water partition coefficient (Wildman–Crippen LogP) is 12.9. The van der Waals surface area contributed by atoms with Crippen molar-refractivity contribution in [1.82, 2.24) is 0 Å². The second-order valence-electron chi connectivity index (χ2n) is 13.6. The third-order valence-corrected chi connectivity index (χ3v) is 10.7. The lowest BCUT2D eigenvalue weighted by molar-refractivity contribution is 0.673. The van der Waals surface area contributed by atoms with E-state index in [1.165, 1.54) is 22.4 Å². The number of nitrogens with zero attached hydrogens (tertiary/aromatic N) is 1. The minimum atomic E-state index is 0.311. The Hall–Kier alpha value is -6.12. The van der Waals surface area contributed by atoms with Crippen LogP contribution in [0.4, 0.5) is 11.4 Å². The number of hydrogen-bond acceptors (Lipinski definition) is 2. The maximum atomic E-state index is 6.82. The number of hydrogen-bond donors (Lipinski definition) is 0. The number of allylic oxidation sites excluding steroid dienone is 9. The molecule has 238 valence electrons. The summed E-state index contributed by atoms with van der Waals surface area (Å²) < 4.78 is 6.82. The third-order valence-electron chi connectivity index (χ3n) is 10.7. The molecule has 10 rings (SSSR count). The summed E-state index contributed by atoms with van der Waals surface area (Å²) in [6, 6.07) is 47.8. The summed E-state index contributed by atoms with van der Waals surface area (Å²) in [7, 11) is 0. The zero-order valence-corrected chi connectivity index (χ0v) is 27.6. The van der Waals surface area contributed by atoms with Gasteiger partial charge in [0.05, 0.1) is 5.69 Å². The molecule has 3 atom stereocenters. The van der Waals surface area contributed by atoms with Crippen molar-refractivity contribution < 1.29 is 4.42 Å². The highest BCUT2D eigenvalue weighted by Gasteiger charge is 2.31. The maximum Gasteiger partial charge on any atom is 0.143 e. The van der Waals surface area contributed by atoms with Crippen LogP contribution in [-0.4, -0.2) is 0 Å². The van der Waals surface area contributed by atoms with Gasteiger partial charge in [-0.05, 0) is 53.0 Å². The van der Waals surface area contributed by atoms with Crippen LogP contribution in [0, 0.1) is 11.8 Å². The first kappa shape index (κ1) is 28.9. The summed E-state index contributed by atoms with van der Waals surface area (Å²) in [5.74, 6) is 1.12. The van der Waals surface area contributed by atoms with Crippen LogP contribution in [0.1, 0.15) is 23.5 Å². The van der Waals surface area contributed by atoms with Gasteiger partial charge in [-0.1, -0.05) is 158 Å². The molecule has 0 saturated heterocycles.